The van der Waals surface area contributed by atoms with Crippen molar-refractivity contribution in [1.29, 1.82) is 10.5 Å². The number of nitrogens with one attached hydrogen (secondary N) is 1. The Morgan fingerprint density at radius 1 is 0.868 bits per heavy atom. The lowest BCUT2D eigenvalue weighted by atomic mass is 10.1. The SMILES string of the molecule is N#C/C(=C\c1cc(Br)ccc1OCc1ccccc1C#N)C(=O)Nc1ccc(OCc2ccccc2)cc1. The minimum Gasteiger partial charge on any atom is -0.489 e. The number of rotatable bonds is 9. The topological polar surface area (TPSA) is 95.1 Å². The Morgan fingerprint density at radius 3 is 2.34 bits per heavy atom. The number of nitriles is 2. The van der Waals surface area contributed by atoms with Crippen LogP contribution < -0.4 is 14.8 Å². The van der Waals surface area contributed by atoms with E-state index >= 15 is 0 Å². The van der Waals surface area contributed by atoms with Gasteiger partial charge in [-0.3, -0.25) is 4.79 Å². The zero-order chi connectivity index (χ0) is 26.7. The molecule has 0 spiro atoms. The van der Waals surface area contributed by atoms with Crippen LogP contribution in [0.5, 0.6) is 11.5 Å². The van der Waals surface area contributed by atoms with Gasteiger partial charge < -0.3 is 14.8 Å². The summed E-state index contributed by atoms with van der Waals surface area (Å²) in [6.07, 6.45) is 1.48. The Morgan fingerprint density at radius 2 is 1.61 bits per heavy atom. The Hall–Kier alpha value is -4.85. The average molecular weight is 564 g/mol. The van der Waals surface area contributed by atoms with Gasteiger partial charge in [0, 0.05) is 21.3 Å². The molecule has 0 bridgehead atoms. The van der Waals surface area contributed by atoms with Gasteiger partial charge in [0.25, 0.3) is 5.91 Å². The maximum absolute atomic E-state index is 12.9. The standard InChI is InChI=1S/C31H22BrN3O3/c32-27-10-15-30(38-21-24-9-5-4-8-23(24)18-33)25(17-27)16-26(19-34)31(36)35-28-11-13-29(14-12-28)37-20-22-6-2-1-3-7-22/h1-17H,20-21H2,(H,35,36)/b26-16+. The van der Waals surface area contributed by atoms with Gasteiger partial charge in [-0.2, -0.15) is 10.5 Å². The second-order valence-electron chi connectivity index (χ2n) is 8.16. The van der Waals surface area contributed by atoms with Crippen molar-refractivity contribution in [2.45, 2.75) is 13.2 Å². The second kappa shape index (κ2) is 12.9. The summed E-state index contributed by atoms with van der Waals surface area (Å²) >= 11 is 3.43. The van der Waals surface area contributed by atoms with Gasteiger partial charge in [-0.25, -0.2) is 0 Å². The van der Waals surface area contributed by atoms with Gasteiger partial charge in [0.1, 0.15) is 36.4 Å². The molecule has 0 aromatic heterocycles. The van der Waals surface area contributed by atoms with Crippen LogP contribution in [0.25, 0.3) is 6.08 Å². The molecule has 186 valence electrons. The van der Waals surface area contributed by atoms with Gasteiger partial charge in [-0.1, -0.05) is 64.5 Å². The van der Waals surface area contributed by atoms with E-state index in [1.54, 1.807) is 54.6 Å². The molecule has 0 aliphatic carbocycles. The summed E-state index contributed by atoms with van der Waals surface area (Å²) in [5, 5.41) is 21.8. The van der Waals surface area contributed by atoms with Crippen LogP contribution in [-0.4, -0.2) is 5.91 Å². The van der Waals surface area contributed by atoms with Crippen molar-refractivity contribution < 1.29 is 14.3 Å². The molecule has 1 N–H and O–H groups in total. The second-order valence-corrected chi connectivity index (χ2v) is 9.08. The van der Waals surface area contributed by atoms with Crippen LogP contribution >= 0.6 is 15.9 Å². The summed E-state index contributed by atoms with van der Waals surface area (Å²) in [6.45, 7) is 0.603. The molecule has 0 unspecified atom stereocenters. The van der Waals surface area contributed by atoms with Crippen LogP contribution in [0.3, 0.4) is 0 Å². The maximum Gasteiger partial charge on any atom is 0.266 e. The predicted molar refractivity (Wildman–Crippen MR) is 149 cm³/mol. The first-order chi connectivity index (χ1) is 18.6. The number of carbonyl (C=O) groups is 1. The molecular weight excluding hydrogens is 542 g/mol. The third-order valence-corrected chi connectivity index (χ3v) is 6.01. The summed E-state index contributed by atoms with van der Waals surface area (Å²) in [7, 11) is 0. The fraction of sp³-hybridized carbons (Fsp3) is 0.0645. The van der Waals surface area contributed by atoms with Crippen molar-refractivity contribution in [2.24, 2.45) is 0 Å². The highest BCUT2D eigenvalue weighted by atomic mass is 79.9. The molecule has 4 aromatic carbocycles. The molecule has 0 saturated heterocycles. The zero-order valence-electron chi connectivity index (χ0n) is 20.2. The molecular formula is C31H22BrN3O3. The molecule has 0 aliphatic heterocycles. The molecule has 4 aromatic rings. The maximum atomic E-state index is 12.9. The summed E-state index contributed by atoms with van der Waals surface area (Å²) in [4.78, 5) is 12.9. The van der Waals surface area contributed by atoms with Crippen LogP contribution in [0.4, 0.5) is 5.69 Å². The van der Waals surface area contributed by atoms with Gasteiger partial charge >= 0.3 is 0 Å². The molecule has 38 heavy (non-hydrogen) atoms. The van der Waals surface area contributed by atoms with E-state index < -0.39 is 5.91 Å². The van der Waals surface area contributed by atoms with Crippen molar-refractivity contribution in [2.75, 3.05) is 5.32 Å². The highest BCUT2D eigenvalue weighted by Crippen LogP contribution is 2.27. The highest BCUT2D eigenvalue weighted by molar-refractivity contribution is 9.10. The number of carbonyl (C=O) groups excluding carboxylic acids is 1. The molecule has 4 rings (SSSR count). The predicted octanol–water partition coefficient (Wildman–Crippen LogP) is 7.02. The van der Waals surface area contributed by atoms with Gasteiger partial charge in [0.05, 0.1) is 11.6 Å². The first-order valence-corrected chi connectivity index (χ1v) is 12.5. The molecule has 0 radical (unpaired) electrons. The van der Waals surface area contributed by atoms with Crippen LogP contribution in [0.1, 0.15) is 22.3 Å². The lowest BCUT2D eigenvalue weighted by Crippen LogP contribution is -2.13. The number of halogens is 1. The zero-order valence-corrected chi connectivity index (χ0v) is 21.8. The van der Waals surface area contributed by atoms with Crippen molar-refractivity contribution in [1.82, 2.24) is 0 Å². The van der Waals surface area contributed by atoms with E-state index in [0.717, 1.165) is 15.6 Å². The van der Waals surface area contributed by atoms with Gasteiger partial charge in [0.15, 0.2) is 0 Å². The van der Waals surface area contributed by atoms with Crippen LogP contribution in [-0.2, 0) is 18.0 Å². The first-order valence-electron chi connectivity index (χ1n) is 11.7. The van der Waals surface area contributed by atoms with Crippen LogP contribution in [0.2, 0.25) is 0 Å². The summed E-state index contributed by atoms with van der Waals surface area (Å²) < 4.78 is 12.5. The minimum absolute atomic E-state index is 0.0882. The van der Waals surface area contributed by atoms with Crippen molar-refractivity contribution in [3.05, 3.63) is 129 Å². The quantitative estimate of drug-likeness (QED) is 0.174. The third kappa shape index (κ3) is 7.10. The van der Waals surface area contributed by atoms with Crippen LogP contribution in [0.15, 0.2) is 107 Å². The molecule has 1 amide bonds. The van der Waals surface area contributed by atoms with E-state index in [2.05, 4.69) is 27.3 Å². The van der Waals surface area contributed by atoms with Gasteiger partial charge in [-0.05, 0) is 60.2 Å². The smallest absolute Gasteiger partial charge is 0.266 e. The van der Waals surface area contributed by atoms with E-state index in [1.165, 1.54) is 6.08 Å². The molecule has 6 nitrogen and oxygen atoms in total. The fourth-order valence-corrected chi connectivity index (χ4v) is 3.93. The van der Waals surface area contributed by atoms with Gasteiger partial charge in [0.2, 0.25) is 0 Å². The monoisotopic (exact) mass is 563 g/mol. The lowest BCUT2D eigenvalue weighted by Gasteiger charge is -2.12. The van der Waals surface area contributed by atoms with Crippen LogP contribution in [0, 0.1) is 22.7 Å². The number of anilines is 1. The summed E-state index contributed by atoms with van der Waals surface area (Å²) in [6, 6.07) is 33.4. The summed E-state index contributed by atoms with van der Waals surface area (Å²) in [5.74, 6) is 0.587. The molecule has 0 heterocycles. The number of hydrogen-bond donors (Lipinski definition) is 1. The number of hydrogen-bond acceptors (Lipinski definition) is 5. The Kier molecular flexibility index (Phi) is 8.91. The number of benzene rings is 4. The fourth-order valence-electron chi connectivity index (χ4n) is 3.55. The Labute approximate surface area is 229 Å². The third-order valence-electron chi connectivity index (χ3n) is 5.52. The molecule has 7 heteroatoms. The number of amides is 1. The van der Waals surface area contributed by atoms with E-state index in [1.807, 2.05) is 48.5 Å². The van der Waals surface area contributed by atoms with E-state index in [9.17, 15) is 15.3 Å². The molecule has 0 atom stereocenters. The van der Waals surface area contributed by atoms with E-state index in [0.29, 0.717) is 34.9 Å². The molecule has 0 saturated carbocycles. The van der Waals surface area contributed by atoms with E-state index in [-0.39, 0.29) is 12.2 Å². The summed E-state index contributed by atoms with van der Waals surface area (Å²) in [5.41, 5.74) is 3.30. The van der Waals surface area contributed by atoms with E-state index in [4.69, 9.17) is 9.47 Å². The van der Waals surface area contributed by atoms with Crippen molar-refractivity contribution >= 4 is 33.6 Å². The lowest BCUT2D eigenvalue weighted by molar-refractivity contribution is -0.112. The number of ether oxygens (including phenoxy) is 2. The molecule has 0 aliphatic rings. The average Bonchev–Trinajstić information content (AvgIpc) is 2.95. The van der Waals surface area contributed by atoms with Crippen molar-refractivity contribution in [3.8, 4) is 23.6 Å². The van der Waals surface area contributed by atoms with Gasteiger partial charge in [-0.15, -0.1) is 0 Å². The molecule has 0 fully saturated rings. The minimum atomic E-state index is -0.550. The largest absolute Gasteiger partial charge is 0.489 e. The Balaban J connectivity index is 1.45. The number of nitrogens with zero attached hydrogens (tertiary/aromatic N) is 2. The Bertz CT molecular complexity index is 1540. The van der Waals surface area contributed by atoms with Crippen molar-refractivity contribution in [3.63, 3.8) is 0 Å². The first kappa shape index (κ1) is 26.2. The normalized spacial score (nSPS) is 10.7. The highest BCUT2D eigenvalue weighted by Gasteiger charge is 2.13.